The van der Waals surface area contributed by atoms with Crippen molar-refractivity contribution in [2.45, 2.75) is 30.8 Å². The van der Waals surface area contributed by atoms with Crippen molar-refractivity contribution < 1.29 is 31.1 Å². The number of amides is 1. The Kier molecular flexibility index (Phi) is 5.39. The minimum Gasteiger partial charge on any atom is -0.406 e. The Morgan fingerprint density at radius 2 is 1.86 bits per heavy atom. The van der Waals surface area contributed by atoms with Crippen LogP contribution in [0.1, 0.15) is 22.5 Å². The first-order valence-electron chi connectivity index (χ1n) is 8.35. The van der Waals surface area contributed by atoms with Crippen LogP contribution < -0.4 is 9.46 Å². The second-order valence-electron chi connectivity index (χ2n) is 6.35. The molecule has 0 bridgehead atoms. The van der Waals surface area contributed by atoms with E-state index in [1.807, 2.05) is 0 Å². The van der Waals surface area contributed by atoms with Crippen molar-refractivity contribution in [2.75, 3.05) is 13.6 Å². The lowest BCUT2D eigenvalue weighted by Crippen LogP contribution is -2.26. The van der Waals surface area contributed by atoms with Crippen LogP contribution >= 0.6 is 0 Å². The van der Waals surface area contributed by atoms with Crippen LogP contribution in [0.3, 0.4) is 0 Å². The van der Waals surface area contributed by atoms with Crippen LogP contribution in [-0.2, 0) is 23.1 Å². The van der Waals surface area contributed by atoms with E-state index in [4.69, 9.17) is 0 Å². The molecule has 3 rings (SSSR count). The molecule has 0 saturated heterocycles. The molecule has 0 unspecified atom stereocenters. The Morgan fingerprint density at radius 3 is 2.50 bits per heavy atom. The van der Waals surface area contributed by atoms with E-state index in [-0.39, 0.29) is 17.3 Å². The highest BCUT2D eigenvalue weighted by molar-refractivity contribution is 7.89. The van der Waals surface area contributed by atoms with Gasteiger partial charge in [-0.2, -0.15) is 0 Å². The predicted molar refractivity (Wildman–Crippen MR) is 93.2 cm³/mol. The molecule has 2 aromatic rings. The van der Waals surface area contributed by atoms with E-state index in [1.165, 1.54) is 29.3 Å². The summed E-state index contributed by atoms with van der Waals surface area (Å²) in [7, 11) is -2.24. The van der Waals surface area contributed by atoms with Crippen LogP contribution in [0, 0.1) is 0 Å². The second kappa shape index (κ2) is 7.47. The van der Waals surface area contributed by atoms with E-state index in [0.717, 1.165) is 12.1 Å². The first-order chi connectivity index (χ1) is 13.0. The first kappa shape index (κ1) is 20.2. The van der Waals surface area contributed by atoms with Gasteiger partial charge in [0, 0.05) is 32.9 Å². The zero-order chi connectivity index (χ0) is 20.5. The van der Waals surface area contributed by atoms with E-state index < -0.39 is 22.1 Å². The van der Waals surface area contributed by atoms with E-state index in [0.29, 0.717) is 30.8 Å². The number of carbonyl (C=O) groups excluding carboxylic acids is 1. The average molecular weight is 417 g/mol. The number of benzene rings is 1. The van der Waals surface area contributed by atoms with Gasteiger partial charge < -0.3 is 14.2 Å². The van der Waals surface area contributed by atoms with Crippen LogP contribution in [0.2, 0.25) is 0 Å². The number of ether oxygens (including phenoxy) is 1. The molecule has 2 heterocycles. The maximum Gasteiger partial charge on any atom is 0.573 e. The third kappa shape index (κ3) is 4.65. The summed E-state index contributed by atoms with van der Waals surface area (Å²) in [6, 6.07) is 6.19. The second-order valence-corrected chi connectivity index (χ2v) is 8.12. The normalized spacial score (nSPS) is 15.3. The lowest BCUT2D eigenvalue weighted by molar-refractivity contribution is -0.274. The molecule has 11 heteroatoms. The van der Waals surface area contributed by atoms with Crippen LogP contribution in [0.4, 0.5) is 13.2 Å². The largest absolute Gasteiger partial charge is 0.573 e. The van der Waals surface area contributed by atoms with Crippen molar-refractivity contribution >= 4 is 15.9 Å². The number of carbonyl (C=O) groups is 1. The highest BCUT2D eigenvalue weighted by atomic mass is 32.2. The summed E-state index contributed by atoms with van der Waals surface area (Å²) in [4.78, 5) is 13.8. The minimum absolute atomic E-state index is 0.0387. The molecule has 0 saturated carbocycles. The van der Waals surface area contributed by atoms with Gasteiger partial charge in [0.25, 0.3) is 5.91 Å². The third-order valence-corrected chi connectivity index (χ3v) is 5.63. The van der Waals surface area contributed by atoms with Gasteiger partial charge in [0.05, 0.1) is 0 Å². The summed E-state index contributed by atoms with van der Waals surface area (Å²) in [5.41, 5.74) is 0.753. The average Bonchev–Trinajstić information content (AvgIpc) is 2.99. The molecule has 1 aliphatic rings. The molecular formula is C17H18F3N3O4S. The minimum atomic E-state index is -4.79. The Balaban J connectivity index is 1.70. The van der Waals surface area contributed by atoms with E-state index >= 15 is 0 Å². The van der Waals surface area contributed by atoms with Crippen molar-refractivity contribution in [1.29, 1.82) is 0 Å². The Morgan fingerprint density at radius 1 is 1.18 bits per heavy atom. The number of nitrogens with zero attached hydrogens (tertiary/aromatic N) is 2. The number of aryl methyl sites for hydroxylation is 1. The number of hydrogen-bond acceptors (Lipinski definition) is 4. The van der Waals surface area contributed by atoms with E-state index in [1.54, 1.807) is 11.6 Å². The van der Waals surface area contributed by atoms with Crippen LogP contribution in [0.15, 0.2) is 41.4 Å². The number of halogens is 3. The monoisotopic (exact) mass is 417 g/mol. The fourth-order valence-electron chi connectivity index (χ4n) is 2.84. The molecule has 1 aromatic carbocycles. The smallest absolute Gasteiger partial charge is 0.406 e. The van der Waals surface area contributed by atoms with E-state index in [2.05, 4.69) is 9.46 Å². The molecule has 1 N–H and O–H groups in total. The number of sulfonamides is 1. The quantitative estimate of drug-likeness (QED) is 0.810. The molecule has 0 atom stereocenters. The van der Waals surface area contributed by atoms with Crippen LogP contribution in [-0.4, -0.2) is 43.7 Å². The van der Waals surface area contributed by atoms with E-state index in [9.17, 15) is 26.4 Å². The molecule has 1 aliphatic heterocycles. The zero-order valence-corrected chi connectivity index (χ0v) is 15.7. The number of nitrogens with one attached hydrogen (secondary N) is 1. The van der Waals surface area contributed by atoms with Crippen molar-refractivity contribution in [3.05, 3.63) is 47.8 Å². The maximum absolute atomic E-state index is 12.5. The first-order valence-corrected chi connectivity index (χ1v) is 9.83. The highest BCUT2D eigenvalue weighted by Gasteiger charge is 2.31. The van der Waals surface area contributed by atoms with Gasteiger partial charge in [-0.05, 0) is 30.2 Å². The SMILES string of the molecule is CN1CCCn2cc(S(=O)(=O)NCc3ccc(OC(F)(F)F)cc3)cc2C1=O. The van der Waals surface area contributed by atoms with Gasteiger partial charge in [-0.1, -0.05) is 12.1 Å². The van der Waals surface area contributed by atoms with Gasteiger partial charge in [-0.15, -0.1) is 13.2 Å². The lowest BCUT2D eigenvalue weighted by Gasteiger charge is -2.12. The summed E-state index contributed by atoms with van der Waals surface area (Å²) in [5, 5.41) is 0. The lowest BCUT2D eigenvalue weighted by atomic mass is 10.2. The molecule has 1 aromatic heterocycles. The number of aromatic nitrogens is 1. The molecule has 7 nitrogen and oxygen atoms in total. The summed E-state index contributed by atoms with van der Waals surface area (Å²) >= 11 is 0. The number of alkyl halides is 3. The molecule has 152 valence electrons. The summed E-state index contributed by atoms with van der Waals surface area (Å²) < 4.78 is 69.3. The molecule has 0 fully saturated rings. The van der Waals surface area contributed by atoms with Crippen molar-refractivity contribution in [1.82, 2.24) is 14.2 Å². The number of fused-ring (bicyclic) bond motifs is 1. The Hall–Kier alpha value is -2.53. The molecular weight excluding hydrogens is 399 g/mol. The molecule has 0 radical (unpaired) electrons. The predicted octanol–water partition coefficient (Wildman–Crippen LogP) is 2.34. The fraction of sp³-hybridized carbons (Fsp3) is 0.353. The Bertz CT molecular complexity index is 969. The van der Waals surface area contributed by atoms with Crippen molar-refractivity contribution in [2.24, 2.45) is 0 Å². The molecule has 0 spiro atoms. The van der Waals surface area contributed by atoms with Crippen molar-refractivity contribution in [3.63, 3.8) is 0 Å². The van der Waals surface area contributed by atoms with Crippen molar-refractivity contribution in [3.8, 4) is 5.75 Å². The van der Waals surface area contributed by atoms with Crippen LogP contribution in [0.25, 0.3) is 0 Å². The summed E-state index contributed by atoms with van der Waals surface area (Å²) in [6.07, 6.45) is -2.67. The van der Waals surface area contributed by atoms with Gasteiger partial charge >= 0.3 is 6.36 Å². The van der Waals surface area contributed by atoms with Gasteiger partial charge in [0.2, 0.25) is 10.0 Å². The molecule has 1 amide bonds. The fourth-order valence-corrected chi connectivity index (χ4v) is 3.90. The van der Waals surface area contributed by atoms with Gasteiger partial charge in [-0.25, -0.2) is 13.1 Å². The zero-order valence-electron chi connectivity index (χ0n) is 14.9. The standard InChI is InChI=1S/C17H18F3N3O4S/c1-22-7-2-8-23-11-14(9-15(23)16(22)24)28(25,26)21-10-12-3-5-13(6-4-12)27-17(18,19)20/h3-6,9,11,21H,2,7-8,10H2,1H3. The molecule has 0 aliphatic carbocycles. The number of rotatable bonds is 5. The topological polar surface area (TPSA) is 80.6 Å². The van der Waals surface area contributed by atoms with Gasteiger partial charge in [0.15, 0.2) is 0 Å². The third-order valence-electron chi connectivity index (χ3n) is 4.26. The van der Waals surface area contributed by atoms with Gasteiger partial charge in [0.1, 0.15) is 16.3 Å². The Labute approximate surface area is 159 Å². The highest BCUT2D eigenvalue weighted by Crippen LogP contribution is 2.23. The number of hydrogen-bond donors (Lipinski definition) is 1. The maximum atomic E-state index is 12.5. The van der Waals surface area contributed by atoms with Crippen LogP contribution in [0.5, 0.6) is 5.75 Å². The summed E-state index contributed by atoms with van der Waals surface area (Å²) in [6.45, 7) is 0.999. The molecule has 28 heavy (non-hydrogen) atoms. The summed E-state index contributed by atoms with van der Waals surface area (Å²) in [5.74, 6) is -0.642. The van der Waals surface area contributed by atoms with Gasteiger partial charge in [-0.3, -0.25) is 4.79 Å².